The van der Waals surface area contributed by atoms with Gasteiger partial charge in [-0.15, -0.1) is 0 Å². The van der Waals surface area contributed by atoms with Crippen molar-refractivity contribution >= 4 is 29.3 Å². The number of primary amides is 2. The van der Waals surface area contributed by atoms with E-state index in [0.717, 1.165) is 34.4 Å². The SMILES string of the molecule is NC(=O)CCc1ccc(Cn2cncc2CNC2CCOc3c(C(=O)NC(Cc4ccc(Cl)cc4)C(N)=O)cccc32)cc1. The largest absolute Gasteiger partial charge is 0.492 e. The van der Waals surface area contributed by atoms with Gasteiger partial charge < -0.3 is 31.4 Å². The highest BCUT2D eigenvalue weighted by atomic mass is 35.5. The maximum atomic E-state index is 13.4. The van der Waals surface area contributed by atoms with Crippen molar-refractivity contribution in [3.05, 3.63) is 118 Å². The number of carbonyl (C=O) groups is 3. The van der Waals surface area contributed by atoms with Gasteiger partial charge in [0.2, 0.25) is 11.8 Å². The summed E-state index contributed by atoms with van der Waals surface area (Å²) in [5.74, 6) is -0.875. The van der Waals surface area contributed by atoms with Crippen LogP contribution < -0.4 is 26.8 Å². The van der Waals surface area contributed by atoms with Crippen LogP contribution in [0.5, 0.6) is 5.75 Å². The zero-order valence-corrected chi connectivity index (χ0v) is 24.9. The van der Waals surface area contributed by atoms with Gasteiger partial charge in [-0.2, -0.15) is 0 Å². The van der Waals surface area contributed by atoms with E-state index in [1.807, 2.05) is 42.6 Å². The summed E-state index contributed by atoms with van der Waals surface area (Å²) in [7, 11) is 0. The minimum absolute atomic E-state index is 0.0552. The van der Waals surface area contributed by atoms with E-state index in [-0.39, 0.29) is 18.4 Å². The molecule has 0 spiro atoms. The number of carbonyl (C=O) groups excluding carboxylic acids is 3. The highest BCUT2D eigenvalue weighted by molar-refractivity contribution is 6.30. The summed E-state index contributed by atoms with van der Waals surface area (Å²) in [6, 6.07) is 19.7. The minimum Gasteiger partial charge on any atom is -0.492 e. The fraction of sp³-hybridized carbons (Fsp3) is 0.273. The summed E-state index contributed by atoms with van der Waals surface area (Å²) in [4.78, 5) is 41.0. The van der Waals surface area contributed by atoms with E-state index >= 15 is 0 Å². The topological polar surface area (TPSA) is 154 Å². The van der Waals surface area contributed by atoms with Crippen LogP contribution in [-0.2, 0) is 35.5 Å². The molecule has 0 aliphatic carbocycles. The number of aromatic nitrogens is 2. The lowest BCUT2D eigenvalue weighted by Crippen LogP contribution is -2.46. The summed E-state index contributed by atoms with van der Waals surface area (Å²) in [6.45, 7) is 1.64. The molecule has 0 saturated heterocycles. The second-order valence-electron chi connectivity index (χ2n) is 10.8. The Morgan fingerprint density at radius 3 is 2.45 bits per heavy atom. The summed E-state index contributed by atoms with van der Waals surface area (Å²) >= 11 is 5.97. The van der Waals surface area contributed by atoms with Gasteiger partial charge in [-0.05, 0) is 41.3 Å². The molecule has 0 bridgehead atoms. The van der Waals surface area contributed by atoms with E-state index in [9.17, 15) is 14.4 Å². The number of nitrogens with zero attached hydrogens (tertiary/aromatic N) is 2. The minimum atomic E-state index is -0.899. The lowest BCUT2D eigenvalue weighted by molar-refractivity contribution is -0.120. The highest BCUT2D eigenvalue weighted by Gasteiger charge is 2.28. The highest BCUT2D eigenvalue weighted by Crippen LogP contribution is 2.35. The molecule has 0 radical (unpaired) electrons. The average molecular weight is 615 g/mol. The van der Waals surface area contributed by atoms with Gasteiger partial charge in [0.15, 0.2) is 0 Å². The fourth-order valence-electron chi connectivity index (χ4n) is 5.27. The van der Waals surface area contributed by atoms with Crippen LogP contribution in [0.15, 0.2) is 79.3 Å². The number of amides is 3. The molecular weight excluding hydrogens is 580 g/mol. The number of para-hydroxylation sites is 1. The Hall–Kier alpha value is -4.67. The third-order valence-electron chi connectivity index (χ3n) is 7.68. The number of imidazole rings is 1. The maximum Gasteiger partial charge on any atom is 0.255 e. The number of benzene rings is 3. The van der Waals surface area contributed by atoms with Gasteiger partial charge in [-0.3, -0.25) is 14.4 Å². The van der Waals surface area contributed by atoms with Crippen LogP contribution in [0.25, 0.3) is 0 Å². The Bertz CT molecular complexity index is 1620. The van der Waals surface area contributed by atoms with Gasteiger partial charge in [0.05, 0.1) is 24.2 Å². The summed E-state index contributed by atoms with van der Waals surface area (Å²) < 4.78 is 8.07. The number of aryl methyl sites for hydroxylation is 1. The number of nitrogens with two attached hydrogens (primary N) is 2. The molecule has 2 unspecified atom stereocenters. The van der Waals surface area contributed by atoms with E-state index in [0.29, 0.717) is 48.9 Å². The van der Waals surface area contributed by atoms with Gasteiger partial charge >= 0.3 is 0 Å². The number of hydrogen-bond acceptors (Lipinski definition) is 6. The van der Waals surface area contributed by atoms with Gasteiger partial charge in [0.1, 0.15) is 11.8 Å². The molecule has 1 aliphatic rings. The molecule has 228 valence electrons. The molecule has 3 aromatic carbocycles. The van der Waals surface area contributed by atoms with E-state index < -0.39 is 17.9 Å². The Labute approximate surface area is 260 Å². The molecular formula is C33H35ClN6O4. The van der Waals surface area contributed by atoms with Crippen LogP contribution in [0.1, 0.15) is 57.2 Å². The smallest absolute Gasteiger partial charge is 0.255 e. The molecule has 0 fully saturated rings. The van der Waals surface area contributed by atoms with E-state index in [1.165, 1.54) is 0 Å². The first kappa shape index (κ1) is 30.8. The standard InChI is InChI=1S/C33H35ClN6O4/c34-24-11-8-22(9-12-24)16-29(32(36)42)39-33(43)27-3-1-2-26-28(14-15-44-31(26)27)38-18-25-17-37-20-40(25)19-23-6-4-21(5-7-23)10-13-30(35)41/h1-9,11-12,17,20,28-29,38H,10,13-16,18-19H2,(H2,35,41)(H2,36,42)(H,39,43). The van der Waals surface area contributed by atoms with Crippen molar-refractivity contribution in [1.82, 2.24) is 20.2 Å². The van der Waals surface area contributed by atoms with Crippen molar-refractivity contribution in [3.63, 3.8) is 0 Å². The first-order valence-corrected chi connectivity index (χ1v) is 14.8. The average Bonchev–Trinajstić information content (AvgIpc) is 3.46. The van der Waals surface area contributed by atoms with Gasteiger partial charge in [-0.1, -0.05) is 60.1 Å². The second kappa shape index (κ2) is 14.2. The molecule has 44 heavy (non-hydrogen) atoms. The molecule has 2 atom stereocenters. The van der Waals surface area contributed by atoms with Crippen molar-refractivity contribution in [2.45, 2.75) is 50.9 Å². The molecule has 10 nitrogen and oxygen atoms in total. The van der Waals surface area contributed by atoms with Crippen molar-refractivity contribution in [3.8, 4) is 5.75 Å². The molecule has 11 heteroatoms. The van der Waals surface area contributed by atoms with Gasteiger partial charge in [0.25, 0.3) is 5.91 Å². The summed E-state index contributed by atoms with van der Waals surface area (Å²) in [5.41, 5.74) is 16.1. The van der Waals surface area contributed by atoms with Crippen molar-refractivity contribution in [1.29, 1.82) is 0 Å². The molecule has 4 aromatic rings. The molecule has 1 aliphatic heterocycles. The first-order chi connectivity index (χ1) is 21.3. The third kappa shape index (κ3) is 7.83. The van der Waals surface area contributed by atoms with E-state index in [1.54, 1.807) is 36.7 Å². The number of ether oxygens (including phenoxy) is 1. The number of rotatable bonds is 13. The zero-order chi connectivity index (χ0) is 31.1. The summed E-state index contributed by atoms with van der Waals surface area (Å²) in [5, 5.41) is 6.97. The maximum absolute atomic E-state index is 13.4. The number of fused-ring (bicyclic) bond motifs is 1. The van der Waals surface area contributed by atoms with Crippen LogP contribution in [-0.4, -0.2) is 39.9 Å². The predicted molar refractivity (Wildman–Crippen MR) is 167 cm³/mol. The Balaban J connectivity index is 1.23. The second-order valence-corrected chi connectivity index (χ2v) is 11.3. The van der Waals surface area contributed by atoms with Crippen LogP contribution in [0.2, 0.25) is 5.02 Å². The number of halogens is 1. The number of nitrogens with one attached hydrogen (secondary N) is 2. The van der Waals surface area contributed by atoms with Crippen LogP contribution in [0.4, 0.5) is 0 Å². The molecule has 6 N–H and O–H groups in total. The lowest BCUT2D eigenvalue weighted by atomic mass is 9.96. The molecule has 5 rings (SSSR count). The molecule has 2 heterocycles. The van der Waals surface area contributed by atoms with E-state index in [2.05, 4.69) is 20.2 Å². The Morgan fingerprint density at radius 1 is 1.00 bits per heavy atom. The van der Waals surface area contributed by atoms with Crippen molar-refractivity contribution in [2.24, 2.45) is 11.5 Å². The molecule has 3 amide bonds. The fourth-order valence-corrected chi connectivity index (χ4v) is 5.40. The normalized spacial score (nSPS) is 14.7. The van der Waals surface area contributed by atoms with E-state index in [4.69, 9.17) is 27.8 Å². The predicted octanol–water partition coefficient (Wildman–Crippen LogP) is 3.44. The third-order valence-corrected chi connectivity index (χ3v) is 7.94. The molecule has 0 saturated carbocycles. The quantitative estimate of drug-likeness (QED) is 0.181. The van der Waals surface area contributed by atoms with Gasteiger partial charge in [-0.25, -0.2) is 4.98 Å². The Morgan fingerprint density at radius 2 is 1.73 bits per heavy atom. The number of hydrogen-bond donors (Lipinski definition) is 4. The molecule has 1 aromatic heterocycles. The van der Waals surface area contributed by atoms with Gasteiger partial charge in [0, 0.05) is 55.2 Å². The first-order valence-electron chi connectivity index (χ1n) is 14.5. The van der Waals surface area contributed by atoms with Crippen LogP contribution in [0.3, 0.4) is 0 Å². The Kier molecular flexibility index (Phi) is 9.93. The summed E-state index contributed by atoms with van der Waals surface area (Å²) in [6.07, 6.45) is 5.56. The van der Waals surface area contributed by atoms with Crippen molar-refractivity contribution < 1.29 is 19.1 Å². The lowest BCUT2D eigenvalue weighted by Gasteiger charge is -2.28. The zero-order valence-electron chi connectivity index (χ0n) is 24.2. The van der Waals surface area contributed by atoms with Crippen LogP contribution in [0, 0.1) is 0 Å². The van der Waals surface area contributed by atoms with Crippen LogP contribution >= 0.6 is 11.6 Å². The van der Waals surface area contributed by atoms with Crippen molar-refractivity contribution in [2.75, 3.05) is 6.61 Å². The monoisotopic (exact) mass is 614 g/mol.